The minimum Gasteiger partial charge on any atom is -0.396 e. The molecule has 0 spiro atoms. The van der Waals surface area contributed by atoms with Crippen LogP contribution in [-0.4, -0.2) is 46.8 Å². The number of carbonyl (C=O) groups is 1. The molecule has 0 unspecified atom stereocenters. The predicted molar refractivity (Wildman–Crippen MR) is 43.5 cm³/mol. The van der Waals surface area contributed by atoms with Gasteiger partial charge in [0.05, 0.1) is 12.7 Å². The normalized spacial score (nSPS) is 29.4. The fourth-order valence-corrected chi connectivity index (χ4v) is 1.46. The van der Waals surface area contributed by atoms with E-state index in [1.807, 2.05) is 0 Å². The number of hydrogen-bond acceptors (Lipinski definition) is 3. The SMILES string of the molecule is CCC(=O)N1C[C@@H](CO)[C@H](O)C1. The quantitative estimate of drug-likeness (QED) is 0.575. The van der Waals surface area contributed by atoms with E-state index in [1.54, 1.807) is 11.8 Å². The molecule has 0 saturated carbocycles. The van der Waals surface area contributed by atoms with E-state index in [0.29, 0.717) is 19.5 Å². The van der Waals surface area contributed by atoms with E-state index >= 15 is 0 Å². The topological polar surface area (TPSA) is 60.8 Å². The first-order chi connectivity index (χ1) is 5.69. The number of hydrogen-bond donors (Lipinski definition) is 2. The highest BCUT2D eigenvalue weighted by Crippen LogP contribution is 2.16. The van der Waals surface area contributed by atoms with Crippen LogP contribution < -0.4 is 0 Å². The van der Waals surface area contributed by atoms with Gasteiger partial charge in [0, 0.05) is 25.4 Å². The molecule has 4 nitrogen and oxygen atoms in total. The van der Waals surface area contributed by atoms with E-state index < -0.39 is 6.10 Å². The molecule has 70 valence electrons. The van der Waals surface area contributed by atoms with Gasteiger partial charge in [-0.15, -0.1) is 0 Å². The van der Waals surface area contributed by atoms with Crippen molar-refractivity contribution in [1.82, 2.24) is 4.90 Å². The van der Waals surface area contributed by atoms with Crippen LogP contribution in [0.1, 0.15) is 13.3 Å². The average molecular weight is 173 g/mol. The van der Waals surface area contributed by atoms with E-state index in [0.717, 1.165) is 0 Å². The van der Waals surface area contributed by atoms with Crippen molar-refractivity contribution < 1.29 is 15.0 Å². The molecule has 2 N–H and O–H groups in total. The lowest BCUT2D eigenvalue weighted by molar-refractivity contribution is -0.130. The van der Waals surface area contributed by atoms with Gasteiger partial charge in [0.2, 0.25) is 5.91 Å². The molecule has 0 radical (unpaired) electrons. The fourth-order valence-electron chi connectivity index (χ4n) is 1.46. The highest BCUT2D eigenvalue weighted by atomic mass is 16.3. The number of rotatable bonds is 2. The summed E-state index contributed by atoms with van der Waals surface area (Å²) in [6.45, 7) is 2.61. The minimum absolute atomic E-state index is 0.0463. The Morgan fingerprint density at radius 2 is 2.25 bits per heavy atom. The Hall–Kier alpha value is -0.610. The summed E-state index contributed by atoms with van der Waals surface area (Å²) in [5.74, 6) is -0.106. The standard InChI is InChI=1S/C8H15NO3/c1-2-8(12)9-3-6(5-10)7(11)4-9/h6-7,10-11H,2-5H2,1H3/t6-,7+/m0/s1. The molecule has 0 aromatic rings. The summed E-state index contributed by atoms with van der Waals surface area (Å²) in [6.07, 6.45) is -0.0873. The number of carbonyl (C=O) groups excluding carboxylic acids is 1. The highest BCUT2D eigenvalue weighted by molar-refractivity contribution is 5.76. The van der Waals surface area contributed by atoms with Crippen molar-refractivity contribution in [3.63, 3.8) is 0 Å². The maximum Gasteiger partial charge on any atom is 0.222 e. The molecule has 1 fully saturated rings. The minimum atomic E-state index is -0.550. The summed E-state index contributed by atoms with van der Waals surface area (Å²) in [5.41, 5.74) is 0. The van der Waals surface area contributed by atoms with Crippen LogP contribution in [0.3, 0.4) is 0 Å². The Morgan fingerprint density at radius 1 is 1.58 bits per heavy atom. The summed E-state index contributed by atoms with van der Waals surface area (Å²) >= 11 is 0. The highest BCUT2D eigenvalue weighted by Gasteiger charge is 2.32. The third-order valence-electron chi connectivity index (χ3n) is 2.30. The van der Waals surface area contributed by atoms with Crippen LogP contribution in [0, 0.1) is 5.92 Å². The summed E-state index contributed by atoms with van der Waals surface area (Å²) in [4.78, 5) is 12.8. The zero-order chi connectivity index (χ0) is 9.14. The zero-order valence-corrected chi connectivity index (χ0v) is 7.23. The number of β-amino-alcohol motifs (C(OH)–C–C–N with tert-alkyl or cyclic N) is 1. The lowest BCUT2D eigenvalue weighted by Crippen LogP contribution is -2.28. The molecule has 0 aromatic carbocycles. The van der Waals surface area contributed by atoms with Gasteiger partial charge in [-0.25, -0.2) is 0 Å². The lowest BCUT2D eigenvalue weighted by atomic mass is 10.1. The summed E-state index contributed by atoms with van der Waals surface area (Å²) < 4.78 is 0. The van der Waals surface area contributed by atoms with Crippen LogP contribution in [0.5, 0.6) is 0 Å². The van der Waals surface area contributed by atoms with E-state index in [-0.39, 0.29) is 18.4 Å². The van der Waals surface area contributed by atoms with Gasteiger partial charge in [0.25, 0.3) is 0 Å². The molecule has 0 aromatic heterocycles. The van der Waals surface area contributed by atoms with Gasteiger partial charge in [-0.3, -0.25) is 4.79 Å². The number of aliphatic hydroxyl groups excluding tert-OH is 2. The molecule has 1 rings (SSSR count). The molecule has 12 heavy (non-hydrogen) atoms. The van der Waals surface area contributed by atoms with Crippen molar-refractivity contribution in [1.29, 1.82) is 0 Å². The lowest BCUT2D eigenvalue weighted by Gasteiger charge is -2.13. The first kappa shape index (κ1) is 9.48. The molecule has 4 heteroatoms. The van der Waals surface area contributed by atoms with Gasteiger partial charge in [-0.2, -0.15) is 0 Å². The molecule has 1 aliphatic rings. The summed E-state index contributed by atoms with van der Waals surface area (Å²) in [6, 6.07) is 0. The number of nitrogens with zero attached hydrogens (tertiary/aromatic N) is 1. The fraction of sp³-hybridized carbons (Fsp3) is 0.875. The van der Waals surface area contributed by atoms with Crippen molar-refractivity contribution in [2.45, 2.75) is 19.4 Å². The van der Waals surface area contributed by atoms with Gasteiger partial charge in [0.1, 0.15) is 0 Å². The van der Waals surface area contributed by atoms with Crippen molar-refractivity contribution in [2.24, 2.45) is 5.92 Å². The Labute approximate surface area is 71.8 Å². The first-order valence-electron chi connectivity index (χ1n) is 4.25. The first-order valence-corrected chi connectivity index (χ1v) is 4.25. The number of amides is 1. The van der Waals surface area contributed by atoms with Gasteiger partial charge in [-0.05, 0) is 0 Å². The monoisotopic (exact) mass is 173 g/mol. The van der Waals surface area contributed by atoms with Crippen LogP contribution in [0.4, 0.5) is 0 Å². The largest absolute Gasteiger partial charge is 0.396 e. The van der Waals surface area contributed by atoms with Crippen LogP contribution in [0.15, 0.2) is 0 Å². The maximum absolute atomic E-state index is 11.2. The summed E-state index contributed by atoms with van der Waals surface area (Å²) in [7, 11) is 0. The zero-order valence-electron chi connectivity index (χ0n) is 7.23. The molecule has 0 bridgehead atoms. The van der Waals surface area contributed by atoms with Crippen molar-refractivity contribution >= 4 is 5.91 Å². The number of aliphatic hydroxyl groups is 2. The van der Waals surface area contributed by atoms with E-state index in [2.05, 4.69) is 0 Å². The Morgan fingerprint density at radius 3 is 2.67 bits per heavy atom. The van der Waals surface area contributed by atoms with Gasteiger partial charge in [0.15, 0.2) is 0 Å². The number of likely N-dealkylation sites (tertiary alicyclic amines) is 1. The second-order valence-corrected chi connectivity index (χ2v) is 3.16. The molecule has 0 aliphatic carbocycles. The third kappa shape index (κ3) is 1.76. The molecule has 1 aliphatic heterocycles. The van der Waals surface area contributed by atoms with Crippen molar-refractivity contribution in [3.8, 4) is 0 Å². The van der Waals surface area contributed by atoms with Crippen LogP contribution in [0.2, 0.25) is 0 Å². The van der Waals surface area contributed by atoms with E-state index in [1.165, 1.54) is 0 Å². The van der Waals surface area contributed by atoms with E-state index in [4.69, 9.17) is 5.11 Å². The Bertz CT molecular complexity index is 172. The maximum atomic E-state index is 11.2. The van der Waals surface area contributed by atoms with Crippen LogP contribution in [0.25, 0.3) is 0 Å². The second kappa shape index (κ2) is 3.87. The van der Waals surface area contributed by atoms with Crippen LogP contribution in [-0.2, 0) is 4.79 Å². The Kier molecular flexibility index (Phi) is 3.05. The van der Waals surface area contributed by atoms with E-state index in [9.17, 15) is 9.90 Å². The van der Waals surface area contributed by atoms with Crippen molar-refractivity contribution in [3.05, 3.63) is 0 Å². The average Bonchev–Trinajstić information content (AvgIpc) is 2.45. The van der Waals surface area contributed by atoms with Crippen LogP contribution >= 0.6 is 0 Å². The molecule has 1 heterocycles. The molecule has 2 atom stereocenters. The van der Waals surface area contributed by atoms with Gasteiger partial charge >= 0.3 is 0 Å². The molecule has 1 amide bonds. The predicted octanol–water partition coefficient (Wildman–Crippen LogP) is -0.792. The van der Waals surface area contributed by atoms with Gasteiger partial charge < -0.3 is 15.1 Å². The smallest absolute Gasteiger partial charge is 0.222 e. The Balaban J connectivity index is 2.48. The molecule has 1 saturated heterocycles. The van der Waals surface area contributed by atoms with Gasteiger partial charge in [-0.1, -0.05) is 6.92 Å². The second-order valence-electron chi connectivity index (χ2n) is 3.16. The third-order valence-corrected chi connectivity index (χ3v) is 2.30. The summed E-state index contributed by atoms with van der Waals surface area (Å²) in [5, 5.41) is 18.2. The molecular weight excluding hydrogens is 158 g/mol. The molecular formula is C8H15NO3. The van der Waals surface area contributed by atoms with Crippen molar-refractivity contribution in [2.75, 3.05) is 19.7 Å².